The van der Waals surface area contributed by atoms with Crippen LogP contribution in [0.4, 0.5) is 5.69 Å². The number of hydrogen-bond acceptors (Lipinski definition) is 5. The van der Waals surface area contributed by atoms with E-state index in [1.54, 1.807) is 7.05 Å². The smallest absolute Gasteiger partial charge is 0.242 e. The molecule has 0 aromatic heterocycles. The van der Waals surface area contributed by atoms with Crippen LogP contribution in [0.2, 0.25) is 0 Å². The number of carbonyl (C=O) groups is 1. The molecule has 9 heteroatoms. The third-order valence-electron chi connectivity index (χ3n) is 5.84. The molecule has 0 bridgehead atoms. The highest BCUT2D eigenvalue weighted by atomic mass is 127. The Hall–Kier alpha value is -1.59. The molecule has 0 radical (unpaired) electrons. The molecule has 2 fully saturated rings. The van der Waals surface area contributed by atoms with Crippen molar-refractivity contribution in [3.05, 3.63) is 30.3 Å². The maximum atomic E-state index is 12.6. The SMILES string of the molecule is CN=C(NCC(=O)N1CCN(c2ccccc2)CC1)NCC1(CCO)CCOC1.I. The minimum atomic E-state index is -0.0653. The summed E-state index contributed by atoms with van der Waals surface area (Å²) in [4.78, 5) is 21.0. The fourth-order valence-electron chi connectivity index (χ4n) is 3.93. The second kappa shape index (κ2) is 12.3. The minimum absolute atomic E-state index is 0. The predicted octanol–water partition coefficient (Wildman–Crippen LogP) is 0.907. The summed E-state index contributed by atoms with van der Waals surface area (Å²) in [6.45, 7) is 5.51. The third kappa shape index (κ3) is 6.71. The zero-order chi connectivity index (χ0) is 20.5. The number of guanidine groups is 1. The van der Waals surface area contributed by atoms with Crippen molar-refractivity contribution in [1.82, 2.24) is 15.5 Å². The molecule has 1 aromatic rings. The topological polar surface area (TPSA) is 89.4 Å². The number of aliphatic hydroxyl groups excluding tert-OH is 1. The summed E-state index contributed by atoms with van der Waals surface area (Å²) in [7, 11) is 1.70. The first-order chi connectivity index (χ1) is 14.2. The van der Waals surface area contributed by atoms with E-state index >= 15 is 0 Å². The molecular formula is C21H34IN5O3. The second-order valence-corrected chi connectivity index (χ2v) is 7.76. The van der Waals surface area contributed by atoms with Gasteiger partial charge in [0.1, 0.15) is 0 Å². The number of nitrogens with zero attached hydrogens (tertiary/aromatic N) is 3. The number of nitrogens with one attached hydrogen (secondary N) is 2. The molecule has 8 nitrogen and oxygen atoms in total. The molecule has 2 aliphatic heterocycles. The fourth-order valence-corrected chi connectivity index (χ4v) is 3.93. The Morgan fingerprint density at radius 2 is 1.93 bits per heavy atom. The lowest BCUT2D eigenvalue weighted by Crippen LogP contribution is -2.52. The maximum absolute atomic E-state index is 12.6. The molecule has 2 saturated heterocycles. The summed E-state index contributed by atoms with van der Waals surface area (Å²) in [5, 5.41) is 15.8. The number of halogens is 1. The number of ether oxygens (including phenoxy) is 1. The van der Waals surface area contributed by atoms with Crippen LogP contribution in [0.3, 0.4) is 0 Å². The Balaban J connectivity index is 0.00000320. The first-order valence-corrected chi connectivity index (χ1v) is 10.4. The van der Waals surface area contributed by atoms with Gasteiger partial charge in [-0.3, -0.25) is 9.79 Å². The zero-order valence-corrected chi connectivity index (χ0v) is 20.0. The van der Waals surface area contributed by atoms with Gasteiger partial charge in [0.15, 0.2) is 5.96 Å². The van der Waals surface area contributed by atoms with Crippen molar-refractivity contribution >= 4 is 41.5 Å². The molecule has 0 aliphatic carbocycles. The van der Waals surface area contributed by atoms with Crippen molar-refractivity contribution in [3.63, 3.8) is 0 Å². The normalized spacial score (nSPS) is 21.9. The van der Waals surface area contributed by atoms with Crippen molar-refractivity contribution in [2.45, 2.75) is 12.8 Å². The van der Waals surface area contributed by atoms with Gasteiger partial charge < -0.3 is 30.3 Å². The van der Waals surface area contributed by atoms with Crippen molar-refractivity contribution < 1.29 is 14.6 Å². The number of benzene rings is 1. The number of anilines is 1. The summed E-state index contributed by atoms with van der Waals surface area (Å²) < 4.78 is 5.52. The van der Waals surface area contributed by atoms with Gasteiger partial charge in [-0.05, 0) is 25.0 Å². The predicted molar refractivity (Wildman–Crippen MR) is 130 cm³/mol. The Kier molecular flexibility index (Phi) is 10.1. The number of para-hydroxylation sites is 1. The van der Waals surface area contributed by atoms with Crippen LogP contribution in [0.5, 0.6) is 0 Å². The molecule has 2 heterocycles. The van der Waals surface area contributed by atoms with Crippen LogP contribution >= 0.6 is 24.0 Å². The largest absolute Gasteiger partial charge is 0.396 e. The summed E-state index contributed by atoms with van der Waals surface area (Å²) in [5.74, 6) is 0.681. The van der Waals surface area contributed by atoms with Crippen LogP contribution in [0.15, 0.2) is 35.3 Å². The first kappa shape index (κ1) is 24.7. The lowest BCUT2D eigenvalue weighted by molar-refractivity contribution is -0.130. The van der Waals surface area contributed by atoms with Gasteiger partial charge in [-0.1, -0.05) is 18.2 Å². The quantitative estimate of drug-likeness (QED) is 0.276. The molecule has 3 N–H and O–H groups in total. The van der Waals surface area contributed by atoms with Crippen molar-refractivity contribution in [2.75, 3.05) is 71.0 Å². The number of amides is 1. The van der Waals surface area contributed by atoms with Gasteiger partial charge in [0.25, 0.3) is 0 Å². The standard InChI is InChI=1S/C21H33N5O3.HI/c1-22-20(24-16-21(7-13-27)8-14-29-17-21)23-15-19(28)26-11-9-25(10-12-26)18-5-3-2-4-6-18;/h2-6,27H,7-17H2,1H3,(H2,22,23,24);1H. The third-order valence-corrected chi connectivity index (χ3v) is 5.84. The van der Waals surface area contributed by atoms with Gasteiger partial charge in [-0.15, -0.1) is 24.0 Å². The highest BCUT2D eigenvalue weighted by Crippen LogP contribution is 2.31. The van der Waals surface area contributed by atoms with Crippen molar-refractivity contribution in [2.24, 2.45) is 10.4 Å². The van der Waals surface area contributed by atoms with E-state index in [0.29, 0.717) is 25.5 Å². The average Bonchev–Trinajstić information content (AvgIpc) is 3.23. The lowest BCUT2D eigenvalue weighted by Gasteiger charge is -2.36. The lowest BCUT2D eigenvalue weighted by atomic mass is 9.84. The fraction of sp³-hybridized carbons (Fsp3) is 0.619. The van der Waals surface area contributed by atoms with Crippen LogP contribution in [0.25, 0.3) is 0 Å². The number of aliphatic hydroxyl groups is 1. The van der Waals surface area contributed by atoms with E-state index in [0.717, 1.165) is 39.2 Å². The Morgan fingerprint density at radius 1 is 1.20 bits per heavy atom. The Bertz CT molecular complexity index is 674. The van der Waals surface area contributed by atoms with E-state index in [1.165, 1.54) is 5.69 Å². The number of aliphatic imine (C=N–C) groups is 1. The van der Waals surface area contributed by atoms with Crippen LogP contribution < -0.4 is 15.5 Å². The van der Waals surface area contributed by atoms with Gasteiger partial charge in [0, 0.05) is 64.1 Å². The summed E-state index contributed by atoms with van der Waals surface area (Å²) in [6, 6.07) is 10.3. The number of rotatable bonds is 7. The molecule has 30 heavy (non-hydrogen) atoms. The first-order valence-electron chi connectivity index (χ1n) is 10.4. The van der Waals surface area contributed by atoms with E-state index in [-0.39, 0.29) is 48.5 Å². The molecule has 2 aliphatic rings. The van der Waals surface area contributed by atoms with Gasteiger partial charge in [-0.2, -0.15) is 0 Å². The van der Waals surface area contributed by atoms with Gasteiger partial charge in [-0.25, -0.2) is 0 Å². The molecular weight excluding hydrogens is 497 g/mol. The maximum Gasteiger partial charge on any atom is 0.242 e. The van der Waals surface area contributed by atoms with Crippen LogP contribution in [-0.2, 0) is 9.53 Å². The number of hydrogen-bond donors (Lipinski definition) is 3. The molecule has 0 saturated carbocycles. The number of piperazine rings is 1. The van der Waals surface area contributed by atoms with E-state index in [9.17, 15) is 9.90 Å². The second-order valence-electron chi connectivity index (χ2n) is 7.76. The summed E-state index contributed by atoms with van der Waals surface area (Å²) >= 11 is 0. The van der Waals surface area contributed by atoms with Gasteiger partial charge >= 0.3 is 0 Å². The van der Waals surface area contributed by atoms with Crippen LogP contribution in [0, 0.1) is 5.41 Å². The summed E-state index contributed by atoms with van der Waals surface area (Å²) in [5.41, 5.74) is 1.14. The molecule has 3 rings (SSSR count). The molecule has 168 valence electrons. The Labute approximate surface area is 196 Å². The van der Waals surface area contributed by atoms with Gasteiger partial charge in [0.2, 0.25) is 5.91 Å². The van der Waals surface area contributed by atoms with Crippen LogP contribution in [-0.4, -0.2) is 88.0 Å². The highest BCUT2D eigenvalue weighted by molar-refractivity contribution is 14.0. The monoisotopic (exact) mass is 531 g/mol. The average molecular weight is 531 g/mol. The minimum Gasteiger partial charge on any atom is -0.396 e. The molecule has 0 spiro atoms. The van der Waals surface area contributed by atoms with E-state index in [2.05, 4.69) is 32.7 Å². The molecule has 1 atom stereocenters. The highest BCUT2D eigenvalue weighted by Gasteiger charge is 2.34. The van der Waals surface area contributed by atoms with Crippen molar-refractivity contribution in [1.29, 1.82) is 0 Å². The summed E-state index contributed by atoms with van der Waals surface area (Å²) in [6.07, 6.45) is 1.61. The Morgan fingerprint density at radius 3 is 2.53 bits per heavy atom. The van der Waals surface area contributed by atoms with E-state index < -0.39 is 0 Å². The van der Waals surface area contributed by atoms with E-state index in [4.69, 9.17) is 4.74 Å². The van der Waals surface area contributed by atoms with Crippen LogP contribution in [0.1, 0.15) is 12.8 Å². The molecule has 1 amide bonds. The van der Waals surface area contributed by atoms with E-state index in [1.807, 2.05) is 23.1 Å². The van der Waals surface area contributed by atoms with Crippen molar-refractivity contribution in [3.8, 4) is 0 Å². The van der Waals surface area contributed by atoms with Gasteiger partial charge in [0.05, 0.1) is 13.2 Å². The number of carbonyl (C=O) groups excluding carboxylic acids is 1. The molecule has 1 aromatic carbocycles. The zero-order valence-electron chi connectivity index (χ0n) is 17.7. The molecule has 1 unspecified atom stereocenters.